The van der Waals surface area contributed by atoms with Crippen molar-refractivity contribution >= 4 is 23.5 Å². The van der Waals surface area contributed by atoms with E-state index >= 15 is 0 Å². The van der Waals surface area contributed by atoms with Gasteiger partial charge in [0.05, 0.1) is 24.0 Å². The van der Waals surface area contributed by atoms with Gasteiger partial charge in [-0.1, -0.05) is 6.07 Å². The van der Waals surface area contributed by atoms with Crippen LogP contribution in [0.1, 0.15) is 18.4 Å². The van der Waals surface area contributed by atoms with Crippen molar-refractivity contribution in [3.63, 3.8) is 0 Å². The van der Waals surface area contributed by atoms with Crippen LogP contribution in [0.5, 0.6) is 0 Å². The summed E-state index contributed by atoms with van der Waals surface area (Å²) in [6.45, 7) is 3.60. The molecular formula is C22H25F6N5O6. The molecule has 2 N–H and O–H groups in total. The summed E-state index contributed by atoms with van der Waals surface area (Å²) in [7, 11) is 1.86. The summed E-state index contributed by atoms with van der Waals surface area (Å²) < 4.78 is 71.2. The van der Waals surface area contributed by atoms with Crippen molar-refractivity contribution < 1.29 is 55.7 Å². The zero-order valence-electron chi connectivity index (χ0n) is 20.4. The predicted octanol–water partition coefficient (Wildman–Crippen LogP) is 2.48. The van der Waals surface area contributed by atoms with E-state index in [1.165, 1.54) is 5.56 Å². The molecule has 2 fully saturated rings. The van der Waals surface area contributed by atoms with Gasteiger partial charge in [-0.2, -0.15) is 31.4 Å². The molecule has 2 aromatic rings. The van der Waals surface area contributed by atoms with Crippen LogP contribution in [0.2, 0.25) is 0 Å². The minimum Gasteiger partial charge on any atom is -0.475 e. The number of carbonyl (C=O) groups excluding carboxylic acids is 1. The van der Waals surface area contributed by atoms with E-state index in [2.05, 4.69) is 21.0 Å². The third kappa shape index (κ3) is 9.82. The number of aromatic nitrogens is 3. The lowest BCUT2D eigenvalue weighted by Crippen LogP contribution is -2.58. The van der Waals surface area contributed by atoms with E-state index < -0.39 is 24.3 Å². The number of halogens is 6. The monoisotopic (exact) mass is 569 g/mol. The predicted molar refractivity (Wildman–Crippen MR) is 120 cm³/mol. The van der Waals surface area contributed by atoms with Gasteiger partial charge in [-0.25, -0.2) is 9.59 Å². The lowest BCUT2D eigenvalue weighted by molar-refractivity contribution is -0.193. The van der Waals surface area contributed by atoms with Crippen LogP contribution in [0.3, 0.4) is 0 Å². The van der Waals surface area contributed by atoms with Crippen molar-refractivity contribution in [1.82, 2.24) is 19.7 Å². The first kappa shape index (κ1) is 31.5. The maximum Gasteiger partial charge on any atom is 0.490 e. The van der Waals surface area contributed by atoms with E-state index in [4.69, 9.17) is 24.5 Å². The number of anilines is 1. The minimum atomic E-state index is -5.08. The van der Waals surface area contributed by atoms with Crippen LogP contribution in [0, 0.1) is 0 Å². The Kier molecular flexibility index (Phi) is 10.4. The molecule has 0 unspecified atom stereocenters. The Morgan fingerprint density at radius 2 is 1.62 bits per heavy atom. The van der Waals surface area contributed by atoms with E-state index in [0.29, 0.717) is 6.54 Å². The maximum atomic E-state index is 12.3. The van der Waals surface area contributed by atoms with Gasteiger partial charge in [0, 0.05) is 45.3 Å². The molecule has 2 saturated heterocycles. The van der Waals surface area contributed by atoms with Crippen molar-refractivity contribution in [1.29, 1.82) is 0 Å². The molecule has 1 spiro atoms. The summed E-state index contributed by atoms with van der Waals surface area (Å²) in [5.74, 6) is -5.50. The van der Waals surface area contributed by atoms with Gasteiger partial charge in [-0.15, -0.1) is 0 Å². The molecule has 0 radical (unpaired) electrons. The van der Waals surface area contributed by atoms with Gasteiger partial charge in [-0.3, -0.25) is 19.4 Å². The van der Waals surface area contributed by atoms with Crippen LogP contribution < -0.4 is 4.90 Å². The summed E-state index contributed by atoms with van der Waals surface area (Å²) in [5, 5.41) is 18.4. The van der Waals surface area contributed by atoms with Gasteiger partial charge >= 0.3 is 24.3 Å². The van der Waals surface area contributed by atoms with Crippen LogP contribution in [-0.2, 0) is 32.7 Å². The fourth-order valence-electron chi connectivity index (χ4n) is 3.67. The number of ether oxygens (including phenoxy) is 1. The van der Waals surface area contributed by atoms with Gasteiger partial charge in [0.2, 0.25) is 0 Å². The minimum absolute atomic E-state index is 0.0106. The number of aryl methyl sites for hydroxylation is 1. The topological polar surface area (TPSA) is 138 Å². The number of alkyl halides is 6. The zero-order valence-corrected chi connectivity index (χ0v) is 20.4. The Bertz CT molecular complexity index is 1090. The number of hydrogen-bond acceptors (Lipinski definition) is 7. The molecule has 39 heavy (non-hydrogen) atoms. The quantitative estimate of drug-likeness (QED) is 0.534. The van der Waals surface area contributed by atoms with E-state index in [1.54, 1.807) is 17.1 Å². The van der Waals surface area contributed by atoms with Gasteiger partial charge in [-0.05, 0) is 24.5 Å². The highest BCUT2D eigenvalue weighted by molar-refractivity contribution is 5.94. The molecule has 4 heterocycles. The number of carboxylic acids is 2. The van der Waals surface area contributed by atoms with Gasteiger partial charge in [0.15, 0.2) is 0 Å². The third-order valence-electron chi connectivity index (χ3n) is 5.63. The Labute approximate surface area is 217 Å². The molecular weight excluding hydrogens is 544 g/mol. The molecule has 4 rings (SSSR count). The summed E-state index contributed by atoms with van der Waals surface area (Å²) >= 11 is 0. The average Bonchev–Trinajstić information content (AvgIpc) is 3.29. The average molecular weight is 569 g/mol. The molecule has 2 aliphatic rings. The number of pyridine rings is 1. The van der Waals surface area contributed by atoms with Gasteiger partial charge in [0.25, 0.3) is 5.91 Å². The molecule has 1 amide bonds. The van der Waals surface area contributed by atoms with Crippen LogP contribution >= 0.6 is 0 Å². The summed E-state index contributed by atoms with van der Waals surface area (Å²) in [6, 6.07) is 4.08. The van der Waals surface area contributed by atoms with E-state index in [1.807, 2.05) is 30.4 Å². The molecule has 17 heteroatoms. The fourth-order valence-corrected chi connectivity index (χ4v) is 3.67. The number of likely N-dealkylation sites (tertiary alicyclic amines) is 1. The van der Waals surface area contributed by atoms with Gasteiger partial charge in [0.1, 0.15) is 6.61 Å². The zero-order chi connectivity index (χ0) is 29.4. The number of amides is 1. The SMILES string of the molecule is Cn1cc(N2CC3(CCN(Cc4cccnc4)CC3)OCC2=O)cn1.O=C(O)C(F)(F)F.O=C(O)C(F)(F)F. The Morgan fingerprint density at radius 1 is 1.05 bits per heavy atom. The number of carbonyl (C=O) groups is 3. The highest BCUT2D eigenvalue weighted by Gasteiger charge is 2.43. The molecule has 0 bridgehead atoms. The summed E-state index contributed by atoms with van der Waals surface area (Å²) in [5.41, 5.74) is 1.85. The second kappa shape index (κ2) is 12.9. The van der Waals surface area contributed by atoms with E-state index in [9.17, 15) is 31.1 Å². The number of carboxylic acid groups (broad SMARTS) is 2. The molecule has 0 atom stereocenters. The van der Waals surface area contributed by atoms with Crippen molar-refractivity contribution in [3.05, 3.63) is 42.5 Å². The summed E-state index contributed by atoms with van der Waals surface area (Å²) in [6.07, 6.45) is -0.962. The van der Waals surface area contributed by atoms with E-state index in [-0.39, 0.29) is 18.1 Å². The number of nitrogens with zero attached hydrogens (tertiary/aromatic N) is 5. The second-order valence-electron chi connectivity index (χ2n) is 8.57. The second-order valence-corrected chi connectivity index (χ2v) is 8.57. The van der Waals surface area contributed by atoms with Crippen molar-refractivity contribution in [2.75, 3.05) is 31.1 Å². The van der Waals surface area contributed by atoms with Crippen LogP contribution in [-0.4, -0.2) is 91.9 Å². The first-order valence-electron chi connectivity index (χ1n) is 11.2. The highest BCUT2D eigenvalue weighted by Crippen LogP contribution is 2.33. The highest BCUT2D eigenvalue weighted by atomic mass is 19.4. The summed E-state index contributed by atoms with van der Waals surface area (Å²) in [4.78, 5) is 38.5. The maximum absolute atomic E-state index is 12.3. The Balaban J connectivity index is 0.000000317. The molecule has 0 aromatic carbocycles. The molecule has 11 nitrogen and oxygen atoms in total. The van der Waals surface area contributed by atoms with Gasteiger partial charge < -0.3 is 19.8 Å². The normalized spacial score (nSPS) is 17.5. The largest absolute Gasteiger partial charge is 0.490 e. The van der Waals surface area contributed by atoms with Crippen molar-refractivity contribution in [2.45, 2.75) is 37.3 Å². The lowest BCUT2D eigenvalue weighted by atomic mass is 9.89. The Hall–Kier alpha value is -3.73. The third-order valence-corrected chi connectivity index (χ3v) is 5.63. The van der Waals surface area contributed by atoms with Crippen LogP contribution in [0.4, 0.5) is 32.0 Å². The van der Waals surface area contributed by atoms with Crippen molar-refractivity contribution in [3.8, 4) is 0 Å². The lowest BCUT2D eigenvalue weighted by Gasteiger charge is -2.46. The molecule has 2 aromatic heterocycles. The Morgan fingerprint density at radius 3 is 2.05 bits per heavy atom. The molecule has 0 aliphatic carbocycles. The number of morpholine rings is 1. The van der Waals surface area contributed by atoms with Crippen LogP contribution in [0.25, 0.3) is 0 Å². The number of aliphatic carboxylic acids is 2. The molecule has 216 valence electrons. The van der Waals surface area contributed by atoms with E-state index in [0.717, 1.165) is 38.2 Å². The smallest absolute Gasteiger partial charge is 0.475 e. The fraction of sp³-hybridized carbons (Fsp3) is 0.500. The number of hydrogen-bond donors (Lipinski definition) is 2. The standard InChI is InChI=1S/C18H23N5O2.2C2HF3O2/c1-21-12-16(10-20-21)23-14-18(25-13-17(23)24)4-7-22(8-5-18)11-15-3-2-6-19-9-15;2*3-2(4,5)1(6)7/h2-3,6,9-10,12H,4-5,7-8,11,13-14H2,1H3;2*(H,6,7). The number of piperidine rings is 1. The van der Waals surface area contributed by atoms with Crippen LogP contribution in [0.15, 0.2) is 36.9 Å². The molecule has 2 aliphatic heterocycles. The first-order chi connectivity index (χ1) is 18.0. The number of rotatable bonds is 3. The first-order valence-corrected chi connectivity index (χ1v) is 11.2. The molecule has 0 saturated carbocycles. The van der Waals surface area contributed by atoms with Crippen molar-refractivity contribution in [2.24, 2.45) is 7.05 Å².